The van der Waals surface area contributed by atoms with Crippen LogP contribution in [0.3, 0.4) is 0 Å². The summed E-state index contributed by atoms with van der Waals surface area (Å²) < 4.78 is 25.0. The maximum atomic E-state index is 12.1. The van der Waals surface area contributed by atoms with Crippen LogP contribution in [0.2, 0.25) is 0 Å². The van der Waals surface area contributed by atoms with Gasteiger partial charge in [0.2, 0.25) is 0 Å². The Bertz CT molecular complexity index is 497. The number of hydrogen-bond acceptors (Lipinski definition) is 4. The summed E-state index contributed by atoms with van der Waals surface area (Å²) >= 11 is 0. The zero-order chi connectivity index (χ0) is 12.5. The number of aryl methyl sites for hydroxylation is 1. The molecule has 2 N–H and O–H groups in total. The number of hydrogen-bond donors (Lipinski definition) is 1. The van der Waals surface area contributed by atoms with E-state index in [1.54, 1.807) is 19.1 Å². The Kier molecular flexibility index (Phi) is 3.57. The van der Waals surface area contributed by atoms with Crippen molar-refractivity contribution in [3.8, 4) is 0 Å². The van der Waals surface area contributed by atoms with Gasteiger partial charge in [0.25, 0.3) is 10.0 Å². The van der Waals surface area contributed by atoms with E-state index in [4.69, 9.17) is 10.6 Å². The molecule has 0 aromatic heterocycles. The Hall–Kier alpha value is -1.11. The average Bonchev–Trinajstić information content (AvgIpc) is 2.22. The summed E-state index contributed by atoms with van der Waals surface area (Å²) in [6, 6.07) is 3.37. The number of hydroxylamine groups is 1. The largest absolute Gasteiger partial charge is 0.398 e. The minimum atomic E-state index is -3.69. The molecule has 0 atom stereocenters. The van der Waals surface area contributed by atoms with Crippen molar-refractivity contribution in [3.05, 3.63) is 23.3 Å². The van der Waals surface area contributed by atoms with Crippen molar-refractivity contribution in [1.29, 1.82) is 0 Å². The Balaban J connectivity index is 3.50. The fourth-order valence-corrected chi connectivity index (χ4v) is 2.75. The summed E-state index contributed by atoms with van der Waals surface area (Å²) in [7, 11) is -1.07. The molecule has 0 fully saturated rings. The van der Waals surface area contributed by atoms with E-state index < -0.39 is 10.0 Å². The lowest BCUT2D eigenvalue weighted by Gasteiger charge is -2.18. The highest BCUT2D eigenvalue weighted by Crippen LogP contribution is 2.27. The van der Waals surface area contributed by atoms with E-state index in [1.807, 2.05) is 6.92 Å². The highest BCUT2D eigenvalue weighted by atomic mass is 32.2. The predicted molar refractivity (Wildman–Crippen MR) is 62.3 cm³/mol. The molecule has 0 heterocycles. The van der Waals surface area contributed by atoms with Crippen molar-refractivity contribution < 1.29 is 13.3 Å². The number of nitrogen functional groups attached to an aromatic ring is 1. The molecule has 1 aromatic carbocycles. The van der Waals surface area contributed by atoms with Crippen LogP contribution in [-0.2, 0) is 14.9 Å². The van der Waals surface area contributed by atoms with E-state index in [0.717, 1.165) is 10.0 Å². The molecule has 0 amide bonds. The summed E-state index contributed by atoms with van der Waals surface area (Å²) in [5.41, 5.74) is 7.45. The molecule has 0 aliphatic carbocycles. The van der Waals surface area contributed by atoms with Crippen molar-refractivity contribution in [2.45, 2.75) is 18.7 Å². The van der Waals surface area contributed by atoms with Crippen LogP contribution in [0.15, 0.2) is 17.0 Å². The molecule has 5 nitrogen and oxygen atoms in total. The van der Waals surface area contributed by atoms with E-state index in [9.17, 15) is 8.42 Å². The Morgan fingerprint density at radius 2 is 1.88 bits per heavy atom. The molecule has 0 saturated heterocycles. The van der Waals surface area contributed by atoms with E-state index in [2.05, 4.69) is 0 Å². The van der Waals surface area contributed by atoms with Crippen LogP contribution in [0.1, 0.15) is 11.1 Å². The molecule has 0 radical (unpaired) electrons. The number of rotatable bonds is 3. The molecular formula is C10H16N2O3S. The summed E-state index contributed by atoms with van der Waals surface area (Å²) in [4.78, 5) is 4.82. The minimum Gasteiger partial charge on any atom is -0.398 e. The molecule has 1 rings (SSSR count). The lowest BCUT2D eigenvalue weighted by molar-refractivity contribution is -0.0258. The fraction of sp³-hybridized carbons (Fsp3) is 0.400. The molecule has 0 bridgehead atoms. The van der Waals surface area contributed by atoms with Gasteiger partial charge < -0.3 is 5.73 Å². The third-order valence-corrected chi connectivity index (χ3v) is 4.44. The molecule has 16 heavy (non-hydrogen) atoms. The summed E-state index contributed by atoms with van der Waals surface area (Å²) in [6.45, 7) is 3.56. The monoisotopic (exact) mass is 244 g/mol. The van der Waals surface area contributed by atoms with Gasteiger partial charge in [0.05, 0.1) is 12.8 Å². The van der Waals surface area contributed by atoms with Crippen LogP contribution in [0.4, 0.5) is 5.69 Å². The summed E-state index contributed by atoms with van der Waals surface area (Å²) in [6.07, 6.45) is 0. The summed E-state index contributed by atoms with van der Waals surface area (Å²) in [5.74, 6) is 0. The normalized spacial score (nSPS) is 12.1. The Morgan fingerprint density at radius 1 is 1.31 bits per heavy atom. The molecule has 1 aromatic rings. The third-order valence-electron chi connectivity index (χ3n) is 2.56. The summed E-state index contributed by atoms with van der Waals surface area (Å²) in [5, 5.41) is 0. The van der Waals surface area contributed by atoms with Gasteiger partial charge in [0.1, 0.15) is 4.90 Å². The number of sulfonamides is 1. The van der Waals surface area contributed by atoms with Crippen LogP contribution in [0.5, 0.6) is 0 Å². The number of nitrogens with two attached hydrogens (primary N) is 1. The second kappa shape index (κ2) is 4.40. The van der Waals surface area contributed by atoms with Crippen LogP contribution < -0.4 is 5.73 Å². The van der Waals surface area contributed by atoms with Gasteiger partial charge >= 0.3 is 0 Å². The molecule has 90 valence electrons. The van der Waals surface area contributed by atoms with Gasteiger partial charge in [-0.15, -0.1) is 0 Å². The first-order valence-corrected chi connectivity index (χ1v) is 6.15. The van der Waals surface area contributed by atoms with E-state index in [0.29, 0.717) is 5.56 Å². The zero-order valence-electron chi connectivity index (χ0n) is 9.81. The molecule has 6 heteroatoms. The van der Waals surface area contributed by atoms with Gasteiger partial charge in [-0.2, -0.15) is 0 Å². The molecule has 0 aliphatic heterocycles. The predicted octanol–water partition coefficient (Wildman–Crippen LogP) is 1.07. The smallest absolute Gasteiger partial charge is 0.267 e. The molecular weight excluding hydrogens is 228 g/mol. The Morgan fingerprint density at radius 3 is 2.38 bits per heavy atom. The highest BCUT2D eigenvalue weighted by molar-refractivity contribution is 7.89. The highest BCUT2D eigenvalue weighted by Gasteiger charge is 2.26. The van der Waals surface area contributed by atoms with Crippen molar-refractivity contribution in [2.75, 3.05) is 19.9 Å². The van der Waals surface area contributed by atoms with Crippen LogP contribution in [-0.4, -0.2) is 27.0 Å². The average molecular weight is 244 g/mol. The minimum absolute atomic E-state index is 0.108. The SMILES string of the molecule is CON(C)S(=O)(=O)c1c(N)ccc(C)c1C. The van der Waals surface area contributed by atoms with Crippen molar-refractivity contribution in [2.24, 2.45) is 0 Å². The zero-order valence-corrected chi connectivity index (χ0v) is 10.6. The second-order valence-corrected chi connectivity index (χ2v) is 5.40. The van der Waals surface area contributed by atoms with Crippen LogP contribution in [0, 0.1) is 13.8 Å². The van der Waals surface area contributed by atoms with Gasteiger partial charge in [0.15, 0.2) is 0 Å². The molecule has 0 aliphatic rings. The van der Waals surface area contributed by atoms with Gasteiger partial charge in [-0.1, -0.05) is 10.5 Å². The number of nitrogens with zero attached hydrogens (tertiary/aromatic N) is 1. The first-order chi connectivity index (χ1) is 7.32. The molecule has 0 unspecified atom stereocenters. The van der Waals surface area contributed by atoms with E-state index in [-0.39, 0.29) is 10.6 Å². The second-order valence-electron chi connectivity index (χ2n) is 3.52. The number of benzene rings is 1. The number of anilines is 1. The van der Waals surface area contributed by atoms with Crippen molar-refractivity contribution >= 4 is 15.7 Å². The lowest BCUT2D eigenvalue weighted by Crippen LogP contribution is -2.27. The van der Waals surface area contributed by atoms with Gasteiger partial charge in [-0.25, -0.2) is 8.42 Å². The maximum Gasteiger partial charge on any atom is 0.267 e. The van der Waals surface area contributed by atoms with E-state index >= 15 is 0 Å². The van der Waals surface area contributed by atoms with Crippen LogP contribution >= 0.6 is 0 Å². The first kappa shape index (κ1) is 13.0. The van der Waals surface area contributed by atoms with Crippen LogP contribution in [0.25, 0.3) is 0 Å². The van der Waals surface area contributed by atoms with Gasteiger partial charge in [0, 0.05) is 7.05 Å². The third kappa shape index (κ3) is 2.04. The van der Waals surface area contributed by atoms with E-state index in [1.165, 1.54) is 14.2 Å². The maximum absolute atomic E-state index is 12.1. The fourth-order valence-electron chi connectivity index (χ4n) is 1.38. The Labute approximate surface area is 95.8 Å². The lowest BCUT2D eigenvalue weighted by atomic mass is 10.1. The standard InChI is InChI=1S/C10H16N2O3S/c1-7-5-6-9(11)10(8(7)2)16(13,14)12(3)15-4/h5-6H,11H2,1-4H3. The van der Waals surface area contributed by atoms with Crippen molar-refractivity contribution in [3.63, 3.8) is 0 Å². The molecule has 0 spiro atoms. The topological polar surface area (TPSA) is 72.6 Å². The van der Waals surface area contributed by atoms with Gasteiger partial charge in [-0.05, 0) is 31.0 Å². The van der Waals surface area contributed by atoms with Gasteiger partial charge in [-0.3, -0.25) is 4.84 Å². The first-order valence-electron chi connectivity index (χ1n) is 4.71. The molecule has 0 saturated carbocycles. The quantitative estimate of drug-likeness (QED) is 0.637. The van der Waals surface area contributed by atoms with Crippen molar-refractivity contribution in [1.82, 2.24) is 4.47 Å².